The number of hydrogen-bond acceptors (Lipinski definition) is 8. The normalized spacial score (nSPS) is 14.0. The van der Waals surface area contributed by atoms with Crippen molar-refractivity contribution in [1.82, 2.24) is 34.9 Å². The number of aromatic amines is 1. The highest BCUT2D eigenvalue weighted by molar-refractivity contribution is 6.33. The molecule has 1 amide bonds. The van der Waals surface area contributed by atoms with E-state index in [1.165, 1.54) is 6.20 Å². The van der Waals surface area contributed by atoms with Gasteiger partial charge in [0, 0.05) is 43.0 Å². The molecule has 184 valence electrons. The Morgan fingerprint density at radius 2 is 1.75 bits per heavy atom. The van der Waals surface area contributed by atoms with Gasteiger partial charge in [-0.3, -0.25) is 9.89 Å². The minimum absolute atomic E-state index is 0.0455. The number of H-pyrrole nitrogens is 1. The standard InChI is InChI=1S/C25H26ClN9O/c1-16-28-22(33-32-16)19-5-3-4-6-21(19)30-23-20(26)15-27-25(31-23)29-18-9-7-17(8-10-18)24(36)35-13-11-34(2)12-14-35/h3-10,15H,11-14H2,1-2H3,(H,28,32,33)(H2,27,29,30,31). The maximum atomic E-state index is 12.8. The van der Waals surface area contributed by atoms with Crippen LogP contribution in [0.4, 0.5) is 23.1 Å². The van der Waals surface area contributed by atoms with E-state index in [4.69, 9.17) is 11.6 Å². The second-order valence-electron chi connectivity index (χ2n) is 8.60. The van der Waals surface area contributed by atoms with Gasteiger partial charge >= 0.3 is 0 Å². The van der Waals surface area contributed by atoms with Crippen molar-refractivity contribution in [1.29, 1.82) is 0 Å². The van der Waals surface area contributed by atoms with Crippen LogP contribution in [0.2, 0.25) is 5.02 Å². The number of carbonyl (C=O) groups excluding carboxylic acids is 1. The zero-order chi connectivity index (χ0) is 25.1. The van der Waals surface area contributed by atoms with Crippen molar-refractivity contribution in [3.05, 3.63) is 71.1 Å². The van der Waals surface area contributed by atoms with Crippen molar-refractivity contribution in [3.8, 4) is 11.4 Å². The molecular formula is C25H26ClN9O. The summed E-state index contributed by atoms with van der Waals surface area (Å²) in [6, 6.07) is 15.0. The fourth-order valence-electron chi connectivity index (χ4n) is 3.91. The molecule has 2 aromatic heterocycles. The Morgan fingerprint density at radius 3 is 2.47 bits per heavy atom. The van der Waals surface area contributed by atoms with Crippen molar-refractivity contribution in [2.24, 2.45) is 0 Å². The first-order chi connectivity index (χ1) is 17.5. The van der Waals surface area contributed by atoms with Crippen LogP contribution in [0.25, 0.3) is 11.4 Å². The summed E-state index contributed by atoms with van der Waals surface area (Å²) < 4.78 is 0. The number of rotatable bonds is 6. The average molecular weight is 504 g/mol. The molecule has 0 saturated carbocycles. The highest BCUT2D eigenvalue weighted by atomic mass is 35.5. The highest BCUT2D eigenvalue weighted by Gasteiger charge is 2.20. The molecule has 3 N–H and O–H groups in total. The quantitative estimate of drug-likeness (QED) is 0.360. The third-order valence-electron chi connectivity index (χ3n) is 5.94. The molecule has 2 aromatic carbocycles. The molecule has 1 fully saturated rings. The van der Waals surface area contributed by atoms with E-state index in [9.17, 15) is 4.79 Å². The zero-order valence-corrected chi connectivity index (χ0v) is 20.8. The first-order valence-electron chi connectivity index (χ1n) is 11.6. The fraction of sp³-hybridized carbons (Fsp3) is 0.240. The summed E-state index contributed by atoms with van der Waals surface area (Å²) in [7, 11) is 2.07. The van der Waals surface area contributed by atoms with Crippen molar-refractivity contribution in [2.75, 3.05) is 43.9 Å². The van der Waals surface area contributed by atoms with Crippen molar-refractivity contribution in [3.63, 3.8) is 0 Å². The van der Waals surface area contributed by atoms with Crippen LogP contribution in [0.1, 0.15) is 16.2 Å². The van der Waals surface area contributed by atoms with E-state index in [1.807, 2.05) is 60.4 Å². The molecular weight excluding hydrogens is 478 g/mol. The second kappa shape index (κ2) is 10.3. The van der Waals surface area contributed by atoms with Gasteiger partial charge < -0.3 is 20.4 Å². The van der Waals surface area contributed by atoms with Gasteiger partial charge in [0.1, 0.15) is 10.8 Å². The summed E-state index contributed by atoms with van der Waals surface area (Å²) in [6.07, 6.45) is 1.53. The van der Waals surface area contributed by atoms with E-state index in [0.717, 1.165) is 48.9 Å². The summed E-state index contributed by atoms with van der Waals surface area (Å²) >= 11 is 6.39. The number of nitrogens with zero attached hydrogens (tertiary/aromatic N) is 6. The summed E-state index contributed by atoms with van der Waals surface area (Å²) in [5.41, 5.74) is 2.99. The summed E-state index contributed by atoms with van der Waals surface area (Å²) in [5.74, 6) is 2.15. The molecule has 5 rings (SSSR count). The van der Waals surface area contributed by atoms with Crippen molar-refractivity contribution in [2.45, 2.75) is 6.92 Å². The lowest BCUT2D eigenvalue weighted by Gasteiger charge is -2.32. The third-order valence-corrected chi connectivity index (χ3v) is 6.22. The van der Waals surface area contributed by atoms with Crippen LogP contribution in [0, 0.1) is 6.92 Å². The Hall–Kier alpha value is -4.02. The predicted octanol–water partition coefficient (Wildman–Crippen LogP) is 4.10. The summed E-state index contributed by atoms with van der Waals surface area (Å²) in [5, 5.41) is 13.9. The Labute approximate surface area is 213 Å². The Kier molecular flexibility index (Phi) is 6.79. The minimum atomic E-state index is 0.0455. The van der Waals surface area contributed by atoms with Gasteiger partial charge in [0.25, 0.3) is 5.91 Å². The molecule has 11 heteroatoms. The van der Waals surface area contributed by atoms with E-state index in [1.54, 1.807) is 0 Å². The monoisotopic (exact) mass is 503 g/mol. The van der Waals surface area contributed by atoms with Crippen LogP contribution in [0.15, 0.2) is 54.7 Å². The number of likely N-dealkylation sites (N-methyl/N-ethyl adjacent to an activating group) is 1. The zero-order valence-electron chi connectivity index (χ0n) is 20.0. The maximum absolute atomic E-state index is 12.8. The largest absolute Gasteiger partial charge is 0.338 e. The summed E-state index contributed by atoms with van der Waals surface area (Å²) in [4.78, 5) is 30.2. The number of halogens is 1. The van der Waals surface area contributed by atoms with E-state index in [2.05, 4.69) is 47.7 Å². The van der Waals surface area contributed by atoms with Gasteiger partial charge in [0.2, 0.25) is 5.95 Å². The number of aromatic nitrogens is 5. The number of anilines is 4. The molecule has 0 unspecified atom stereocenters. The molecule has 0 aliphatic carbocycles. The highest BCUT2D eigenvalue weighted by Crippen LogP contribution is 2.30. The molecule has 4 aromatic rings. The fourth-order valence-corrected chi connectivity index (χ4v) is 4.05. The number of aryl methyl sites for hydroxylation is 1. The molecule has 3 heterocycles. The topological polar surface area (TPSA) is 115 Å². The molecule has 10 nitrogen and oxygen atoms in total. The van der Waals surface area contributed by atoms with Gasteiger partial charge in [-0.1, -0.05) is 23.7 Å². The molecule has 0 spiro atoms. The van der Waals surface area contributed by atoms with Gasteiger partial charge in [-0.2, -0.15) is 10.1 Å². The lowest BCUT2D eigenvalue weighted by atomic mass is 10.1. The molecule has 1 saturated heterocycles. The van der Waals surface area contributed by atoms with Crippen LogP contribution in [-0.2, 0) is 0 Å². The van der Waals surface area contributed by atoms with Crippen LogP contribution in [-0.4, -0.2) is 74.1 Å². The molecule has 0 radical (unpaired) electrons. The number of hydrogen-bond donors (Lipinski definition) is 3. The van der Waals surface area contributed by atoms with Crippen LogP contribution >= 0.6 is 11.6 Å². The number of piperazine rings is 1. The Bertz CT molecular complexity index is 1360. The average Bonchev–Trinajstić information content (AvgIpc) is 3.33. The first kappa shape index (κ1) is 23.7. The smallest absolute Gasteiger partial charge is 0.253 e. The van der Waals surface area contributed by atoms with E-state index >= 15 is 0 Å². The number of carbonyl (C=O) groups is 1. The van der Waals surface area contributed by atoms with Crippen molar-refractivity contribution < 1.29 is 4.79 Å². The lowest BCUT2D eigenvalue weighted by Crippen LogP contribution is -2.47. The van der Waals surface area contributed by atoms with E-state index in [-0.39, 0.29) is 5.91 Å². The molecule has 36 heavy (non-hydrogen) atoms. The summed E-state index contributed by atoms with van der Waals surface area (Å²) in [6.45, 7) is 5.10. The Morgan fingerprint density at radius 1 is 1.00 bits per heavy atom. The predicted molar refractivity (Wildman–Crippen MR) is 140 cm³/mol. The molecule has 1 aliphatic heterocycles. The number of nitrogens with one attached hydrogen (secondary N) is 3. The first-order valence-corrected chi connectivity index (χ1v) is 12.0. The second-order valence-corrected chi connectivity index (χ2v) is 9.01. The molecule has 1 aliphatic rings. The van der Waals surface area contributed by atoms with Crippen molar-refractivity contribution >= 4 is 40.6 Å². The van der Waals surface area contributed by atoms with Gasteiger partial charge in [0.15, 0.2) is 11.6 Å². The molecule has 0 atom stereocenters. The number of benzene rings is 2. The molecule has 0 bridgehead atoms. The van der Waals surface area contributed by atoms with Crippen LogP contribution in [0.5, 0.6) is 0 Å². The van der Waals surface area contributed by atoms with Crippen LogP contribution in [0.3, 0.4) is 0 Å². The van der Waals surface area contributed by atoms with E-state index < -0.39 is 0 Å². The number of para-hydroxylation sites is 1. The number of amides is 1. The van der Waals surface area contributed by atoms with Gasteiger partial charge in [-0.15, -0.1) is 0 Å². The minimum Gasteiger partial charge on any atom is -0.338 e. The van der Waals surface area contributed by atoms with E-state index in [0.29, 0.717) is 28.2 Å². The van der Waals surface area contributed by atoms with Gasteiger partial charge in [-0.25, -0.2) is 9.97 Å². The van der Waals surface area contributed by atoms with Crippen LogP contribution < -0.4 is 10.6 Å². The third kappa shape index (κ3) is 5.29. The Balaban J connectivity index is 1.30. The van der Waals surface area contributed by atoms with Gasteiger partial charge in [-0.05, 0) is 50.4 Å². The SMILES string of the molecule is Cc1nc(-c2ccccc2Nc2nc(Nc3ccc(C(=O)N4CCN(C)CC4)cc3)ncc2Cl)n[nH]1. The maximum Gasteiger partial charge on any atom is 0.253 e. The van der Waals surface area contributed by atoms with Gasteiger partial charge in [0.05, 0.1) is 11.9 Å². The lowest BCUT2D eigenvalue weighted by molar-refractivity contribution is 0.0664.